The lowest BCUT2D eigenvalue weighted by atomic mass is 10.0. The Hall–Kier alpha value is -0.120. The van der Waals surface area contributed by atoms with Crippen molar-refractivity contribution in [3.05, 3.63) is 0 Å². The Labute approximate surface area is 54.8 Å². The molecule has 3 nitrogen and oxygen atoms in total. The van der Waals surface area contributed by atoms with Gasteiger partial charge in [0.1, 0.15) is 6.23 Å². The average molecular weight is 131 g/mol. The number of hydrogen-bond acceptors (Lipinski definition) is 3. The fraction of sp³-hybridized carbons (Fsp3) is 1.00. The molecule has 3 atom stereocenters. The fourth-order valence-corrected chi connectivity index (χ4v) is 1.16. The molecule has 1 aliphatic heterocycles. The van der Waals surface area contributed by atoms with E-state index in [1.807, 2.05) is 6.92 Å². The molecule has 0 saturated carbocycles. The lowest BCUT2D eigenvalue weighted by Crippen LogP contribution is -2.22. The van der Waals surface area contributed by atoms with Gasteiger partial charge in [-0.15, -0.1) is 0 Å². The lowest BCUT2D eigenvalue weighted by Gasteiger charge is -2.09. The second-order valence-electron chi connectivity index (χ2n) is 2.61. The molecule has 3 heteroatoms. The van der Waals surface area contributed by atoms with Crippen molar-refractivity contribution in [1.29, 1.82) is 0 Å². The van der Waals surface area contributed by atoms with Crippen LogP contribution in [0.5, 0.6) is 0 Å². The molecular formula is C6H13NO2. The highest BCUT2D eigenvalue weighted by Crippen LogP contribution is 2.22. The molecule has 1 aliphatic rings. The molecule has 1 saturated heterocycles. The first-order valence-corrected chi connectivity index (χ1v) is 3.26. The fourth-order valence-electron chi connectivity index (χ4n) is 1.16. The summed E-state index contributed by atoms with van der Waals surface area (Å²) >= 11 is 0. The van der Waals surface area contributed by atoms with E-state index in [1.165, 1.54) is 0 Å². The van der Waals surface area contributed by atoms with Crippen molar-refractivity contribution in [2.45, 2.75) is 25.7 Å². The van der Waals surface area contributed by atoms with Crippen molar-refractivity contribution < 1.29 is 9.84 Å². The number of ether oxygens (including phenoxy) is 1. The third-order valence-corrected chi connectivity index (χ3v) is 1.77. The van der Waals surface area contributed by atoms with E-state index in [-0.39, 0.29) is 18.9 Å². The summed E-state index contributed by atoms with van der Waals surface area (Å²) in [7, 11) is 0. The van der Waals surface area contributed by atoms with Crippen LogP contribution in [0, 0.1) is 5.92 Å². The third kappa shape index (κ3) is 1.41. The minimum absolute atomic E-state index is 0.0278. The molecule has 0 radical (unpaired) electrons. The Morgan fingerprint density at radius 2 is 2.44 bits per heavy atom. The summed E-state index contributed by atoms with van der Waals surface area (Å²) in [6, 6.07) is 0. The van der Waals surface area contributed by atoms with Gasteiger partial charge in [-0.3, -0.25) is 0 Å². The van der Waals surface area contributed by atoms with E-state index in [9.17, 15) is 0 Å². The molecule has 3 unspecified atom stereocenters. The highest BCUT2D eigenvalue weighted by molar-refractivity contribution is 4.75. The van der Waals surface area contributed by atoms with Gasteiger partial charge in [0.15, 0.2) is 0 Å². The van der Waals surface area contributed by atoms with Crippen LogP contribution >= 0.6 is 0 Å². The van der Waals surface area contributed by atoms with Gasteiger partial charge in [-0.25, -0.2) is 0 Å². The highest BCUT2D eigenvalue weighted by Gasteiger charge is 2.28. The maximum atomic E-state index is 8.67. The Morgan fingerprint density at radius 3 is 2.67 bits per heavy atom. The van der Waals surface area contributed by atoms with Crippen molar-refractivity contribution in [3.63, 3.8) is 0 Å². The second kappa shape index (κ2) is 2.64. The molecule has 1 heterocycles. The van der Waals surface area contributed by atoms with Crippen LogP contribution < -0.4 is 5.73 Å². The molecule has 9 heavy (non-hydrogen) atoms. The highest BCUT2D eigenvalue weighted by atomic mass is 16.5. The van der Waals surface area contributed by atoms with Gasteiger partial charge >= 0.3 is 0 Å². The van der Waals surface area contributed by atoms with E-state index >= 15 is 0 Å². The van der Waals surface area contributed by atoms with Crippen LogP contribution in [-0.4, -0.2) is 24.0 Å². The maximum Gasteiger partial charge on any atom is 0.106 e. The minimum Gasteiger partial charge on any atom is -0.394 e. The molecule has 0 aromatic carbocycles. The van der Waals surface area contributed by atoms with Crippen molar-refractivity contribution >= 4 is 0 Å². The van der Waals surface area contributed by atoms with Crippen LogP contribution in [0.2, 0.25) is 0 Å². The van der Waals surface area contributed by atoms with Crippen molar-refractivity contribution in [1.82, 2.24) is 0 Å². The minimum atomic E-state index is -0.155. The largest absolute Gasteiger partial charge is 0.394 e. The number of hydrogen-bond donors (Lipinski definition) is 2. The molecule has 0 aliphatic carbocycles. The van der Waals surface area contributed by atoms with Gasteiger partial charge in [0.05, 0.1) is 12.7 Å². The molecule has 0 bridgehead atoms. The zero-order chi connectivity index (χ0) is 6.85. The monoisotopic (exact) mass is 131 g/mol. The Kier molecular flexibility index (Phi) is 2.05. The average Bonchev–Trinajstić information content (AvgIpc) is 2.10. The lowest BCUT2D eigenvalue weighted by molar-refractivity contribution is 0.00435. The van der Waals surface area contributed by atoms with E-state index in [0.29, 0.717) is 5.92 Å². The molecule has 0 amide bonds. The van der Waals surface area contributed by atoms with E-state index < -0.39 is 0 Å². The first kappa shape index (κ1) is 6.99. The van der Waals surface area contributed by atoms with Crippen molar-refractivity contribution in [2.75, 3.05) is 6.61 Å². The van der Waals surface area contributed by atoms with Crippen LogP contribution in [0.25, 0.3) is 0 Å². The summed E-state index contributed by atoms with van der Waals surface area (Å²) in [4.78, 5) is 0. The zero-order valence-corrected chi connectivity index (χ0v) is 5.58. The number of rotatable bonds is 1. The summed E-state index contributed by atoms with van der Waals surface area (Å²) in [6.45, 7) is 2.13. The van der Waals surface area contributed by atoms with Crippen LogP contribution in [-0.2, 0) is 4.74 Å². The number of nitrogens with two attached hydrogens (primary N) is 1. The first-order chi connectivity index (χ1) is 4.24. The topological polar surface area (TPSA) is 55.5 Å². The van der Waals surface area contributed by atoms with Gasteiger partial charge in [-0.05, 0) is 12.3 Å². The van der Waals surface area contributed by atoms with E-state index in [0.717, 1.165) is 6.42 Å². The molecule has 3 N–H and O–H groups in total. The van der Waals surface area contributed by atoms with E-state index in [4.69, 9.17) is 15.6 Å². The molecule has 0 aromatic heterocycles. The summed E-state index contributed by atoms with van der Waals surface area (Å²) in [5, 5.41) is 8.67. The van der Waals surface area contributed by atoms with Crippen molar-refractivity contribution in [2.24, 2.45) is 11.7 Å². The van der Waals surface area contributed by atoms with Gasteiger partial charge < -0.3 is 15.6 Å². The zero-order valence-electron chi connectivity index (χ0n) is 5.58. The Morgan fingerprint density at radius 1 is 1.78 bits per heavy atom. The Bertz CT molecular complexity index is 97.1. The number of aliphatic hydroxyl groups is 1. The first-order valence-electron chi connectivity index (χ1n) is 3.26. The van der Waals surface area contributed by atoms with Gasteiger partial charge in [0, 0.05) is 0 Å². The third-order valence-electron chi connectivity index (χ3n) is 1.77. The van der Waals surface area contributed by atoms with E-state index in [1.54, 1.807) is 0 Å². The molecular weight excluding hydrogens is 118 g/mol. The van der Waals surface area contributed by atoms with Gasteiger partial charge in [-0.2, -0.15) is 0 Å². The summed E-state index contributed by atoms with van der Waals surface area (Å²) < 4.78 is 5.15. The van der Waals surface area contributed by atoms with Gasteiger partial charge in [0.2, 0.25) is 0 Å². The molecule has 1 fully saturated rings. The smallest absolute Gasteiger partial charge is 0.106 e. The van der Waals surface area contributed by atoms with Crippen LogP contribution in [0.4, 0.5) is 0 Å². The molecule has 54 valence electrons. The van der Waals surface area contributed by atoms with E-state index in [2.05, 4.69) is 0 Å². The number of aliphatic hydroxyl groups excluding tert-OH is 1. The van der Waals surface area contributed by atoms with Crippen LogP contribution in [0.3, 0.4) is 0 Å². The summed E-state index contributed by atoms with van der Waals surface area (Å²) in [6.07, 6.45) is 0.683. The molecule has 0 spiro atoms. The van der Waals surface area contributed by atoms with Crippen LogP contribution in [0.1, 0.15) is 13.3 Å². The Balaban J connectivity index is 2.38. The predicted molar refractivity (Wildman–Crippen MR) is 33.7 cm³/mol. The predicted octanol–water partition coefficient (Wildman–Crippen LogP) is -0.311. The molecule has 1 rings (SSSR count). The molecule has 0 aromatic rings. The maximum absolute atomic E-state index is 8.67. The van der Waals surface area contributed by atoms with Gasteiger partial charge in [-0.1, -0.05) is 6.92 Å². The quantitative estimate of drug-likeness (QED) is 0.513. The standard InChI is InChI=1S/C6H13NO2/c1-4-2-6(7)9-5(4)3-8/h4-6,8H,2-3,7H2,1H3. The van der Waals surface area contributed by atoms with Gasteiger partial charge in [0.25, 0.3) is 0 Å². The van der Waals surface area contributed by atoms with Crippen LogP contribution in [0.15, 0.2) is 0 Å². The SMILES string of the molecule is CC1CC(N)OC1CO. The van der Waals surface area contributed by atoms with Crippen molar-refractivity contribution in [3.8, 4) is 0 Å². The summed E-state index contributed by atoms with van der Waals surface area (Å²) in [5.74, 6) is 0.407. The summed E-state index contributed by atoms with van der Waals surface area (Å²) in [5.41, 5.74) is 5.46. The normalized spacial score (nSPS) is 43.7. The second-order valence-corrected chi connectivity index (χ2v) is 2.61.